The second-order valence-electron chi connectivity index (χ2n) is 6.51. The van der Waals surface area contributed by atoms with E-state index in [1.165, 1.54) is 22.6 Å². The zero-order valence-electron chi connectivity index (χ0n) is 14.4. The quantitative estimate of drug-likeness (QED) is 0.836. The number of halogens is 1. The van der Waals surface area contributed by atoms with Crippen LogP contribution in [0.2, 0.25) is 0 Å². The summed E-state index contributed by atoms with van der Waals surface area (Å²) in [5.41, 5.74) is 1.94. The average molecular weight is 363 g/mol. The number of sulfonamides is 1. The largest absolute Gasteiger partial charge is 0.269 e. The zero-order chi connectivity index (χ0) is 18.0. The average Bonchev–Trinajstić information content (AvgIpc) is 3.06. The molecule has 0 atom stereocenters. The fourth-order valence-corrected chi connectivity index (χ4v) is 4.26. The van der Waals surface area contributed by atoms with Gasteiger partial charge in [-0.3, -0.25) is 4.68 Å². The monoisotopic (exact) mass is 363 g/mol. The SMILES string of the molecule is CC(C)n1cc(S(=O)(=O)N2CCC(=Cc3cccc(F)c3)CC2)cn1. The third kappa shape index (κ3) is 3.99. The highest BCUT2D eigenvalue weighted by Crippen LogP contribution is 2.25. The zero-order valence-corrected chi connectivity index (χ0v) is 15.2. The van der Waals surface area contributed by atoms with E-state index in [0.717, 1.165) is 11.1 Å². The van der Waals surface area contributed by atoms with E-state index in [2.05, 4.69) is 5.10 Å². The summed E-state index contributed by atoms with van der Waals surface area (Å²) in [5, 5.41) is 4.12. The molecule has 0 aliphatic carbocycles. The lowest BCUT2D eigenvalue weighted by atomic mass is 10.0. The van der Waals surface area contributed by atoms with Crippen LogP contribution in [0.5, 0.6) is 0 Å². The minimum atomic E-state index is -3.51. The van der Waals surface area contributed by atoms with Crippen LogP contribution in [0.1, 0.15) is 38.3 Å². The summed E-state index contributed by atoms with van der Waals surface area (Å²) in [7, 11) is -3.51. The van der Waals surface area contributed by atoms with Crippen molar-refractivity contribution in [1.29, 1.82) is 0 Å². The van der Waals surface area contributed by atoms with Crippen LogP contribution in [0.15, 0.2) is 47.1 Å². The second kappa shape index (κ2) is 7.09. The first-order valence-corrected chi connectivity index (χ1v) is 9.79. The number of nitrogens with zero attached hydrogens (tertiary/aromatic N) is 3. The Morgan fingerprint density at radius 1 is 1.24 bits per heavy atom. The third-order valence-electron chi connectivity index (χ3n) is 4.33. The van der Waals surface area contributed by atoms with Gasteiger partial charge in [0.2, 0.25) is 10.0 Å². The lowest BCUT2D eigenvalue weighted by Crippen LogP contribution is -2.36. The van der Waals surface area contributed by atoms with Crippen molar-refractivity contribution in [3.05, 3.63) is 53.6 Å². The Labute approximate surface area is 147 Å². The van der Waals surface area contributed by atoms with Gasteiger partial charge in [0.05, 0.1) is 6.20 Å². The highest BCUT2D eigenvalue weighted by Gasteiger charge is 2.28. The van der Waals surface area contributed by atoms with Gasteiger partial charge in [-0.05, 0) is 44.4 Å². The van der Waals surface area contributed by atoms with Crippen LogP contribution in [-0.2, 0) is 10.0 Å². The van der Waals surface area contributed by atoms with E-state index < -0.39 is 10.0 Å². The summed E-state index contributed by atoms with van der Waals surface area (Å²) in [6, 6.07) is 6.53. The van der Waals surface area contributed by atoms with Crippen LogP contribution in [0, 0.1) is 5.82 Å². The molecule has 1 aliphatic heterocycles. The van der Waals surface area contributed by atoms with Crippen LogP contribution in [-0.4, -0.2) is 35.6 Å². The molecule has 0 bridgehead atoms. The van der Waals surface area contributed by atoms with E-state index in [9.17, 15) is 12.8 Å². The van der Waals surface area contributed by atoms with Crippen LogP contribution < -0.4 is 0 Å². The van der Waals surface area contributed by atoms with E-state index in [1.54, 1.807) is 16.9 Å². The topological polar surface area (TPSA) is 55.2 Å². The predicted molar refractivity (Wildman–Crippen MR) is 95.0 cm³/mol. The first-order valence-electron chi connectivity index (χ1n) is 8.35. The molecule has 0 radical (unpaired) electrons. The molecule has 5 nitrogen and oxygen atoms in total. The van der Waals surface area contributed by atoms with Crippen molar-refractivity contribution in [3.63, 3.8) is 0 Å². The van der Waals surface area contributed by atoms with E-state index >= 15 is 0 Å². The molecule has 25 heavy (non-hydrogen) atoms. The molecule has 0 unspecified atom stereocenters. The van der Waals surface area contributed by atoms with Gasteiger partial charge in [-0.1, -0.05) is 23.8 Å². The minimum absolute atomic E-state index is 0.117. The smallest absolute Gasteiger partial charge is 0.246 e. The van der Waals surface area contributed by atoms with Gasteiger partial charge in [-0.2, -0.15) is 9.40 Å². The lowest BCUT2D eigenvalue weighted by Gasteiger charge is -2.27. The molecule has 134 valence electrons. The van der Waals surface area contributed by atoms with Crippen molar-refractivity contribution < 1.29 is 12.8 Å². The molecular weight excluding hydrogens is 341 g/mol. The number of benzene rings is 1. The van der Waals surface area contributed by atoms with Crippen molar-refractivity contribution in [2.24, 2.45) is 0 Å². The van der Waals surface area contributed by atoms with Crippen molar-refractivity contribution >= 4 is 16.1 Å². The van der Waals surface area contributed by atoms with Crippen molar-refractivity contribution in [2.45, 2.75) is 37.6 Å². The van der Waals surface area contributed by atoms with Gasteiger partial charge < -0.3 is 0 Å². The first-order chi connectivity index (χ1) is 11.9. The fourth-order valence-electron chi connectivity index (χ4n) is 2.88. The molecule has 0 spiro atoms. The molecule has 1 saturated heterocycles. The molecule has 2 heterocycles. The van der Waals surface area contributed by atoms with Gasteiger partial charge in [0.1, 0.15) is 10.7 Å². The van der Waals surface area contributed by atoms with Gasteiger partial charge in [-0.25, -0.2) is 12.8 Å². The highest BCUT2D eigenvalue weighted by molar-refractivity contribution is 7.89. The Morgan fingerprint density at radius 2 is 1.96 bits per heavy atom. The summed E-state index contributed by atoms with van der Waals surface area (Å²) in [6.07, 6.45) is 6.23. The maximum absolute atomic E-state index is 13.3. The summed E-state index contributed by atoms with van der Waals surface area (Å²) < 4.78 is 41.9. The van der Waals surface area contributed by atoms with E-state index in [1.807, 2.05) is 26.0 Å². The number of aromatic nitrogens is 2. The van der Waals surface area contributed by atoms with Gasteiger partial charge in [0.15, 0.2) is 0 Å². The van der Waals surface area contributed by atoms with Gasteiger partial charge in [0, 0.05) is 25.3 Å². The molecule has 1 aromatic carbocycles. The Kier molecular flexibility index (Phi) is 5.06. The molecule has 2 aromatic rings. The van der Waals surface area contributed by atoms with Crippen molar-refractivity contribution in [3.8, 4) is 0 Å². The van der Waals surface area contributed by atoms with Crippen LogP contribution in [0.4, 0.5) is 4.39 Å². The Hall–Kier alpha value is -1.99. The highest BCUT2D eigenvalue weighted by atomic mass is 32.2. The van der Waals surface area contributed by atoms with Crippen LogP contribution in [0.25, 0.3) is 6.08 Å². The molecule has 0 saturated carbocycles. The third-order valence-corrected chi connectivity index (χ3v) is 6.18. The number of rotatable bonds is 4. The maximum atomic E-state index is 13.3. The Bertz CT molecular complexity index is 877. The second-order valence-corrected chi connectivity index (χ2v) is 8.45. The molecule has 0 N–H and O–H groups in total. The first kappa shape index (κ1) is 17.8. The van der Waals surface area contributed by atoms with Crippen LogP contribution >= 0.6 is 0 Å². The molecule has 1 aliphatic rings. The van der Waals surface area contributed by atoms with E-state index in [-0.39, 0.29) is 16.8 Å². The van der Waals surface area contributed by atoms with Crippen LogP contribution in [0.3, 0.4) is 0 Å². The van der Waals surface area contributed by atoms with Crippen molar-refractivity contribution in [1.82, 2.24) is 14.1 Å². The standard InChI is InChI=1S/C18H22FN3O2S/c1-14(2)22-13-18(12-20-22)25(23,24)21-8-6-15(7-9-21)10-16-4-3-5-17(19)11-16/h3-5,10-14H,6-9H2,1-2H3. The number of piperidine rings is 1. The molecule has 1 fully saturated rings. The summed E-state index contributed by atoms with van der Waals surface area (Å²) in [5.74, 6) is -0.267. The summed E-state index contributed by atoms with van der Waals surface area (Å²) >= 11 is 0. The molecular formula is C18H22FN3O2S. The molecule has 1 aromatic heterocycles. The fraction of sp³-hybridized carbons (Fsp3) is 0.389. The number of hydrogen-bond acceptors (Lipinski definition) is 3. The van der Waals surface area contributed by atoms with Gasteiger partial charge in [-0.15, -0.1) is 0 Å². The number of hydrogen-bond donors (Lipinski definition) is 0. The van der Waals surface area contributed by atoms with E-state index in [0.29, 0.717) is 25.9 Å². The normalized spacial score (nSPS) is 16.4. The molecule has 7 heteroatoms. The Morgan fingerprint density at radius 3 is 2.56 bits per heavy atom. The lowest BCUT2D eigenvalue weighted by molar-refractivity contribution is 0.388. The molecule has 0 amide bonds. The summed E-state index contributed by atoms with van der Waals surface area (Å²) in [4.78, 5) is 0.235. The molecule has 3 rings (SSSR count). The van der Waals surface area contributed by atoms with E-state index in [4.69, 9.17) is 0 Å². The van der Waals surface area contributed by atoms with Crippen molar-refractivity contribution in [2.75, 3.05) is 13.1 Å². The van der Waals surface area contributed by atoms with Gasteiger partial charge in [0.25, 0.3) is 0 Å². The minimum Gasteiger partial charge on any atom is -0.269 e. The summed E-state index contributed by atoms with van der Waals surface area (Å²) in [6.45, 7) is 4.76. The Balaban J connectivity index is 1.70. The van der Waals surface area contributed by atoms with Gasteiger partial charge >= 0.3 is 0 Å². The predicted octanol–water partition coefficient (Wildman–Crippen LogP) is 3.47. The maximum Gasteiger partial charge on any atom is 0.246 e.